The number of fused-ring (bicyclic) bond motifs is 1. The maximum absolute atomic E-state index is 12.8. The van der Waals surface area contributed by atoms with E-state index in [1.165, 1.54) is 18.2 Å². The number of nitrogens with one attached hydrogen (secondary N) is 2. The molecule has 0 atom stereocenters. The standard InChI is InChI=1S/C20H14N2O4S2/c21-20-22-19(23)18(27-20)12-15-7-3-4-8-17(15)26-28(24,25)16-10-9-13-5-1-2-6-14(13)11-16/h1-12H,(H2,21,22,23). The number of hydrogen-bond donors (Lipinski definition) is 2. The van der Waals surface area contributed by atoms with Crippen molar-refractivity contribution in [3.05, 3.63) is 77.2 Å². The summed E-state index contributed by atoms with van der Waals surface area (Å²) in [6, 6.07) is 18.8. The lowest BCUT2D eigenvalue weighted by atomic mass is 10.1. The predicted molar refractivity (Wildman–Crippen MR) is 110 cm³/mol. The zero-order chi connectivity index (χ0) is 19.7. The molecule has 1 heterocycles. The molecule has 0 bridgehead atoms. The molecule has 1 aliphatic heterocycles. The molecule has 6 nitrogen and oxygen atoms in total. The van der Waals surface area contributed by atoms with E-state index >= 15 is 0 Å². The van der Waals surface area contributed by atoms with Gasteiger partial charge in [0.25, 0.3) is 5.91 Å². The SMILES string of the molecule is N=C1NC(=O)C(=Cc2ccccc2OS(=O)(=O)c2ccc3ccccc3c2)S1. The molecular weight excluding hydrogens is 396 g/mol. The summed E-state index contributed by atoms with van der Waals surface area (Å²) in [5.74, 6) is -0.294. The Morgan fingerprint density at radius 3 is 2.43 bits per heavy atom. The van der Waals surface area contributed by atoms with Gasteiger partial charge in [-0.05, 0) is 46.8 Å². The van der Waals surface area contributed by atoms with Crippen LogP contribution in [0.4, 0.5) is 0 Å². The molecule has 1 aliphatic rings. The van der Waals surface area contributed by atoms with Gasteiger partial charge in [0, 0.05) is 5.56 Å². The highest BCUT2D eigenvalue weighted by Gasteiger charge is 2.24. The lowest BCUT2D eigenvalue weighted by molar-refractivity contribution is -0.115. The van der Waals surface area contributed by atoms with Gasteiger partial charge in [0.2, 0.25) is 0 Å². The number of hydrogen-bond acceptors (Lipinski definition) is 6. The molecule has 1 fully saturated rings. The summed E-state index contributed by atoms with van der Waals surface area (Å²) in [6.07, 6.45) is 1.51. The maximum Gasteiger partial charge on any atom is 0.339 e. The van der Waals surface area contributed by atoms with Gasteiger partial charge in [-0.25, -0.2) is 0 Å². The van der Waals surface area contributed by atoms with Crippen molar-refractivity contribution < 1.29 is 17.4 Å². The number of thioether (sulfide) groups is 1. The second kappa shape index (κ2) is 7.14. The summed E-state index contributed by atoms with van der Waals surface area (Å²) in [4.78, 5) is 12.2. The molecule has 28 heavy (non-hydrogen) atoms. The first-order valence-electron chi connectivity index (χ1n) is 8.24. The van der Waals surface area contributed by atoms with Gasteiger partial charge in [-0.1, -0.05) is 48.5 Å². The highest BCUT2D eigenvalue weighted by molar-refractivity contribution is 8.18. The third-order valence-electron chi connectivity index (χ3n) is 4.08. The number of amides is 1. The van der Waals surface area contributed by atoms with Crippen LogP contribution >= 0.6 is 11.8 Å². The number of rotatable bonds is 4. The Morgan fingerprint density at radius 1 is 0.964 bits per heavy atom. The summed E-state index contributed by atoms with van der Waals surface area (Å²) >= 11 is 0.972. The van der Waals surface area contributed by atoms with Gasteiger partial charge in [-0.2, -0.15) is 8.42 Å². The molecule has 3 aromatic rings. The average molecular weight is 410 g/mol. The zero-order valence-corrected chi connectivity index (χ0v) is 16.0. The molecule has 0 aliphatic carbocycles. The number of carbonyl (C=O) groups is 1. The molecule has 1 saturated heterocycles. The van der Waals surface area contributed by atoms with Gasteiger partial charge >= 0.3 is 10.1 Å². The molecule has 0 unspecified atom stereocenters. The molecule has 0 saturated carbocycles. The third-order valence-corrected chi connectivity index (χ3v) is 6.14. The molecule has 2 N–H and O–H groups in total. The van der Waals surface area contributed by atoms with Gasteiger partial charge < -0.3 is 9.50 Å². The quantitative estimate of drug-likeness (QED) is 0.504. The zero-order valence-electron chi connectivity index (χ0n) is 14.4. The van der Waals surface area contributed by atoms with Crippen LogP contribution in [0.1, 0.15) is 5.56 Å². The van der Waals surface area contributed by atoms with Crippen molar-refractivity contribution in [3.8, 4) is 5.75 Å². The Kier molecular flexibility index (Phi) is 4.66. The van der Waals surface area contributed by atoms with Crippen molar-refractivity contribution in [2.45, 2.75) is 4.90 Å². The molecule has 1 amide bonds. The highest BCUT2D eigenvalue weighted by Crippen LogP contribution is 2.30. The first-order chi connectivity index (χ1) is 13.4. The van der Waals surface area contributed by atoms with E-state index in [1.807, 2.05) is 24.3 Å². The van der Waals surface area contributed by atoms with Gasteiger partial charge in [-0.15, -0.1) is 0 Å². The van der Waals surface area contributed by atoms with Crippen molar-refractivity contribution in [3.63, 3.8) is 0 Å². The Hall–Kier alpha value is -3.10. The predicted octanol–water partition coefficient (Wildman–Crippen LogP) is 3.75. The number of amidine groups is 1. The van der Waals surface area contributed by atoms with Crippen molar-refractivity contribution >= 4 is 49.8 Å². The lowest BCUT2D eigenvalue weighted by Gasteiger charge is -2.10. The van der Waals surface area contributed by atoms with E-state index in [0.717, 1.165) is 22.5 Å². The smallest absolute Gasteiger partial charge is 0.339 e. The van der Waals surface area contributed by atoms with Crippen LogP contribution in [0.15, 0.2) is 76.5 Å². The van der Waals surface area contributed by atoms with E-state index in [0.29, 0.717) is 10.5 Å². The normalized spacial score (nSPS) is 15.8. The van der Waals surface area contributed by atoms with Crippen LogP contribution < -0.4 is 9.50 Å². The van der Waals surface area contributed by atoms with Gasteiger partial charge in [-0.3, -0.25) is 10.2 Å². The summed E-state index contributed by atoms with van der Waals surface area (Å²) in [5, 5.41) is 11.6. The fraction of sp³-hybridized carbons (Fsp3) is 0. The van der Waals surface area contributed by atoms with E-state index < -0.39 is 16.0 Å². The summed E-state index contributed by atoms with van der Waals surface area (Å²) in [7, 11) is -4.06. The molecule has 0 radical (unpaired) electrons. The van der Waals surface area contributed by atoms with Crippen molar-refractivity contribution in [1.82, 2.24) is 5.32 Å². The molecule has 0 spiro atoms. The largest absolute Gasteiger partial charge is 0.378 e. The fourth-order valence-electron chi connectivity index (χ4n) is 2.75. The molecule has 140 valence electrons. The van der Waals surface area contributed by atoms with Crippen LogP contribution in [0.2, 0.25) is 0 Å². The summed E-state index contributed by atoms with van der Waals surface area (Å²) in [6.45, 7) is 0. The topological polar surface area (TPSA) is 96.3 Å². The van der Waals surface area contributed by atoms with Gasteiger partial charge in [0.05, 0.1) is 4.91 Å². The Bertz CT molecular complexity index is 1250. The minimum atomic E-state index is -4.06. The van der Waals surface area contributed by atoms with E-state index in [4.69, 9.17) is 9.59 Å². The monoisotopic (exact) mass is 410 g/mol. The van der Waals surface area contributed by atoms with Gasteiger partial charge in [0.15, 0.2) is 5.17 Å². The molecule has 0 aromatic heterocycles. The summed E-state index contributed by atoms with van der Waals surface area (Å²) < 4.78 is 31.0. The third kappa shape index (κ3) is 3.64. The van der Waals surface area contributed by atoms with E-state index in [-0.39, 0.29) is 15.8 Å². The van der Waals surface area contributed by atoms with Crippen LogP contribution in [0.25, 0.3) is 16.8 Å². The second-order valence-corrected chi connectivity index (χ2v) is 8.58. The van der Waals surface area contributed by atoms with Crippen LogP contribution in [0.5, 0.6) is 5.75 Å². The van der Waals surface area contributed by atoms with E-state index in [9.17, 15) is 13.2 Å². The first kappa shape index (κ1) is 18.3. The molecule has 8 heteroatoms. The lowest BCUT2D eigenvalue weighted by Crippen LogP contribution is -2.18. The van der Waals surface area contributed by atoms with E-state index in [2.05, 4.69) is 5.32 Å². The number of benzene rings is 3. The molecule has 4 rings (SSSR count). The Labute approximate surface area is 165 Å². The molecule has 3 aromatic carbocycles. The fourth-order valence-corrected chi connectivity index (χ4v) is 4.43. The van der Waals surface area contributed by atoms with Crippen LogP contribution in [0, 0.1) is 5.41 Å². The highest BCUT2D eigenvalue weighted by atomic mass is 32.2. The van der Waals surface area contributed by atoms with Crippen LogP contribution in [-0.4, -0.2) is 19.5 Å². The minimum Gasteiger partial charge on any atom is -0.378 e. The summed E-state index contributed by atoms with van der Waals surface area (Å²) in [5.41, 5.74) is 0.430. The van der Waals surface area contributed by atoms with Crippen molar-refractivity contribution in [2.75, 3.05) is 0 Å². The number of para-hydroxylation sites is 1. The Balaban J connectivity index is 1.69. The van der Waals surface area contributed by atoms with Crippen LogP contribution in [0.3, 0.4) is 0 Å². The first-order valence-corrected chi connectivity index (χ1v) is 10.5. The van der Waals surface area contributed by atoms with Crippen molar-refractivity contribution in [2.24, 2.45) is 0 Å². The van der Waals surface area contributed by atoms with Gasteiger partial charge in [0.1, 0.15) is 10.6 Å². The van der Waals surface area contributed by atoms with E-state index in [1.54, 1.807) is 30.3 Å². The minimum absolute atomic E-state index is 0.0263. The average Bonchev–Trinajstić information content (AvgIpc) is 2.99. The number of carbonyl (C=O) groups excluding carboxylic acids is 1. The van der Waals surface area contributed by atoms with Crippen molar-refractivity contribution in [1.29, 1.82) is 5.41 Å². The maximum atomic E-state index is 12.8. The van der Waals surface area contributed by atoms with Crippen LogP contribution in [-0.2, 0) is 14.9 Å². The Morgan fingerprint density at radius 2 is 1.68 bits per heavy atom. The molecular formula is C20H14N2O4S2. The second-order valence-electron chi connectivity index (χ2n) is 5.98.